The molecule has 7 nitrogen and oxygen atoms in total. The lowest BCUT2D eigenvalue weighted by atomic mass is 10.3. The van der Waals surface area contributed by atoms with Crippen LogP contribution in [-0.2, 0) is 9.53 Å². The van der Waals surface area contributed by atoms with E-state index in [9.17, 15) is 9.59 Å². The molecule has 0 aromatic heterocycles. The molecule has 16 heavy (non-hydrogen) atoms. The number of methoxy groups -OCH3 is 1. The molecule has 0 saturated carbocycles. The summed E-state index contributed by atoms with van der Waals surface area (Å²) in [6.45, 7) is 2.27. The van der Waals surface area contributed by atoms with E-state index in [4.69, 9.17) is 5.84 Å². The van der Waals surface area contributed by atoms with Gasteiger partial charge >= 0.3 is 6.09 Å². The van der Waals surface area contributed by atoms with Gasteiger partial charge in [-0.25, -0.2) is 10.6 Å². The molecule has 92 valence electrons. The molecule has 2 amide bonds. The molecule has 1 heterocycles. The Kier molecular flexibility index (Phi) is 5.00. The first-order chi connectivity index (χ1) is 7.65. The van der Waals surface area contributed by atoms with Crippen LogP contribution >= 0.6 is 0 Å². The van der Waals surface area contributed by atoms with Crippen molar-refractivity contribution in [1.82, 2.24) is 15.6 Å². The molecule has 4 N–H and O–H groups in total. The fourth-order valence-electron chi connectivity index (χ4n) is 1.71. The maximum Gasteiger partial charge on any atom is 0.407 e. The van der Waals surface area contributed by atoms with Crippen molar-refractivity contribution >= 4 is 12.0 Å². The number of alkyl carbamates (subject to hydrolysis) is 1. The Morgan fingerprint density at radius 1 is 1.56 bits per heavy atom. The van der Waals surface area contributed by atoms with Crippen LogP contribution in [0.15, 0.2) is 0 Å². The van der Waals surface area contributed by atoms with Crippen LogP contribution in [0.4, 0.5) is 4.79 Å². The van der Waals surface area contributed by atoms with E-state index in [1.165, 1.54) is 7.11 Å². The van der Waals surface area contributed by atoms with Crippen LogP contribution in [0.25, 0.3) is 0 Å². The van der Waals surface area contributed by atoms with Gasteiger partial charge in [0.2, 0.25) is 5.91 Å². The van der Waals surface area contributed by atoms with Crippen molar-refractivity contribution < 1.29 is 14.3 Å². The van der Waals surface area contributed by atoms with Gasteiger partial charge in [0, 0.05) is 32.1 Å². The van der Waals surface area contributed by atoms with Gasteiger partial charge in [-0.05, 0) is 6.42 Å². The van der Waals surface area contributed by atoms with Crippen molar-refractivity contribution in [2.24, 2.45) is 5.84 Å². The van der Waals surface area contributed by atoms with Crippen LogP contribution in [0.2, 0.25) is 0 Å². The number of carbonyl (C=O) groups excluding carboxylic acids is 2. The Morgan fingerprint density at radius 2 is 2.31 bits per heavy atom. The lowest BCUT2D eigenvalue weighted by molar-refractivity contribution is -0.121. The fourth-order valence-corrected chi connectivity index (χ4v) is 1.71. The van der Waals surface area contributed by atoms with Crippen LogP contribution in [0.3, 0.4) is 0 Å². The average Bonchev–Trinajstić information content (AvgIpc) is 2.73. The number of nitrogens with one attached hydrogen (secondary N) is 2. The van der Waals surface area contributed by atoms with Gasteiger partial charge in [-0.15, -0.1) is 0 Å². The van der Waals surface area contributed by atoms with Gasteiger partial charge in [-0.2, -0.15) is 0 Å². The third-order valence-electron chi connectivity index (χ3n) is 2.60. The highest BCUT2D eigenvalue weighted by molar-refractivity contribution is 5.75. The molecule has 0 spiro atoms. The monoisotopic (exact) mass is 230 g/mol. The van der Waals surface area contributed by atoms with Crippen molar-refractivity contribution in [2.75, 3.05) is 26.7 Å². The van der Waals surface area contributed by atoms with Gasteiger partial charge in [-0.3, -0.25) is 10.2 Å². The van der Waals surface area contributed by atoms with E-state index in [0.717, 1.165) is 19.5 Å². The molecule has 1 aliphatic rings. The molecule has 0 aromatic rings. The number of ether oxygens (including phenoxy) is 1. The minimum atomic E-state index is -0.411. The summed E-state index contributed by atoms with van der Waals surface area (Å²) in [7, 11) is 1.34. The zero-order valence-electron chi connectivity index (χ0n) is 9.36. The number of rotatable bonds is 4. The number of nitrogens with two attached hydrogens (primary N) is 1. The first-order valence-electron chi connectivity index (χ1n) is 5.22. The molecule has 7 heteroatoms. The number of nitrogens with zero attached hydrogens (tertiary/aromatic N) is 1. The van der Waals surface area contributed by atoms with Crippen molar-refractivity contribution in [3.8, 4) is 0 Å². The molecule has 1 atom stereocenters. The van der Waals surface area contributed by atoms with Crippen LogP contribution in [0.1, 0.15) is 12.8 Å². The first-order valence-corrected chi connectivity index (χ1v) is 5.22. The molecule has 1 unspecified atom stereocenters. The molecule has 1 aliphatic heterocycles. The number of likely N-dealkylation sites (tertiary alicyclic amines) is 1. The SMILES string of the molecule is COC(=O)NC1CCN(CCC(=O)NN)C1. The minimum absolute atomic E-state index is 0.105. The molecule has 0 aliphatic carbocycles. The largest absolute Gasteiger partial charge is 0.453 e. The van der Waals surface area contributed by atoms with Crippen LogP contribution in [0, 0.1) is 0 Å². The minimum Gasteiger partial charge on any atom is -0.453 e. The summed E-state index contributed by atoms with van der Waals surface area (Å²) in [6.07, 6.45) is 0.840. The molecular formula is C9H18N4O3. The van der Waals surface area contributed by atoms with Gasteiger partial charge in [0.25, 0.3) is 0 Å². The highest BCUT2D eigenvalue weighted by Gasteiger charge is 2.23. The zero-order chi connectivity index (χ0) is 12.0. The Balaban J connectivity index is 2.19. The number of carbonyl (C=O) groups is 2. The highest BCUT2D eigenvalue weighted by atomic mass is 16.5. The van der Waals surface area contributed by atoms with Gasteiger partial charge in [0.1, 0.15) is 0 Å². The molecule has 0 bridgehead atoms. The predicted octanol–water partition coefficient (Wildman–Crippen LogP) is -1.20. The average molecular weight is 230 g/mol. The van der Waals surface area contributed by atoms with Gasteiger partial charge in [0.15, 0.2) is 0 Å². The molecular weight excluding hydrogens is 212 g/mol. The maximum absolute atomic E-state index is 11.0. The molecule has 1 fully saturated rings. The Morgan fingerprint density at radius 3 is 2.94 bits per heavy atom. The Hall–Kier alpha value is -1.34. The van der Waals surface area contributed by atoms with E-state index in [1.807, 2.05) is 0 Å². The maximum atomic E-state index is 11.0. The highest BCUT2D eigenvalue weighted by Crippen LogP contribution is 2.09. The summed E-state index contributed by atoms with van der Waals surface area (Å²) in [4.78, 5) is 24.0. The lowest BCUT2D eigenvalue weighted by Crippen LogP contribution is -2.38. The van der Waals surface area contributed by atoms with E-state index in [-0.39, 0.29) is 11.9 Å². The van der Waals surface area contributed by atoms with Gasteiger partial charge < -0.3 is 15.0 Å². The summed E-state index contributed by atoms with van der Waals surface area (Å²) in [5, 5.41) is 2.73. The van der Waals surface area contributed by atoms with Crippen LogP contribution in [-0.4, -0.2) is 49.7 Å². The van der Waals surface area contributed by atoms with E-state index in [1.54, 1.807) is 0 Å². The van der Waals surface area contributed by atoms with Crippen molar-refractivity contribution in [1.29, 1.82) is 0 Å². The smallest absolute Gasteiger partial charge is 0.407 e. The van der Waals surface area contributed by atoms with Crippen molar-refractivity contribution in [3.05, 3.63) is 0 Å². The van der Waals surface area contributed by atoms with Gasteiger partial charge in [-0.1, -0.05) is 0 Å². The summed E-state index contributed by atoms with van der Waals surface area (Å²) in [5.41, 5.74) is 2.09. The second-order valence-electron chi connectivity index (χ2n) is 3.74. The summed E-state index contributed by atoms with van der Waals surface area (Å²) in [5.74, 6) is 4.80. The summed E-state index contributed by atoms with van der Waals surface area (Å²) >= 11 is 0. The Labute approximate surface area is 94.3 Å². The summed E-state index contributed by atoms with van der Waals surface area (Å²) in [6, 6.07) is 0.105. The zero-order valence-corrected chi connectivity index (χ0v) is 9.36. The predicted molar refractivity (Wildman–Crippen MR) is 57.3 cm³/mol. The molecule has 0 radical (unpaired) electrons. The number of amides is 2. The second-order valence-corrected chi connectivity index (χ2v) is 3.74. The van der Waals surface area contributed by atoms with Crippen molar-refractivity contribution in [2.45, 2.75) is 18.9 Å². The third kappa shape index (κ3) is 4.03. The molecule has 1 rings (SSSR count). The number of hydrogen-bond donors (Lipinski definition) is 3. The van der Waals surface area contributed by atoms with E-state index >= 15 is 0 Å². The Bertz CT molecular complexity index is 259. The molecule has 1 saturated heterocycles. The molecule has 0 aromatic carbocycles. The summed E-state index contributed by atoms with van der Waals surface area (Å²) < 4.78 is 4.51. The number of hydrogen-bond acceptors (Lipinski definition) is 5. The topological polar surface area (TPSA) is 96.7 Å². The van der Waals surface area contributed by atoms with Crippen LogP contribution < -0.4 is 16.6 Å². The normalized spacial score (nSPS) is 20.5. The van der Waals surface area contributed by atoms with E-state index in [0.29, 0.717) is 13.0 Å². The fraction of sp³-hybridized carbons (Fsp3) is 0.778. The number of hydrazine groups is 1. The lowest BCUT2D eigenvalue weighted by Gasteiger charge is -2.15. The van der Waals surface area contributed by atoms with Crippen molar-refractivity contribution in [3.63, 3.8) is 0 Å². The third-order valence-corrected chi connectivity index (χ3v) is 2.60. The first kappa shape index (κ1) is 12.7. The van der Waals surface area contributed by atoms with E-state index in [2.05, 4.69) is 20.4 Å². The standard InChI is InChI=1S/C9H18N4O3/c1-16-9(15)11-7-2-4-13(6-7)5-3-8(14)12-10/h7H,2-6,10H2,1H3,(H,11,15)(H,12,14). The van der Waals surface area contributed by atoms with Gasteiger partial charge in [0.05, 0.1) is 7.11 Å². The van der Waals surface area contributed by atoms with E-state index < -0.39 is 6.09 Å². The van der Waals surface area contributed by atoms with Crippen LogP contribution in [0.5, 0.6) is 0 Å². The second kappa shape index (κ2) is 6.29. The quantitative estimate of drug-likeness (QED) is 0.320.